The second kappa shape index (κ2) is 6.67. The highest BCUT2D eigenvalue weighted by molar-refractivity contribution is 6.33. The summed E-state index contributed by atoms with van der Waals surface area (Å²) in [6.07, 6.45) is 2.75. The molecule has 5 nitrogen and oxygen atoms in total. The molecule has 2 N–H and O–H groups in total. The van der Waals surface area contributed by atoms with Crippen LogP contribution in [0.1, 0.15) is 19.3 Å². The molecule has 3 rings (SSSR count). The van der Waals surface area contributed by atoms with E-state index in [2.05, 4.69) is 10.6 Å². The second-order valence-corrected chi connectivity index (χ2v) is 6.21. The Kier molecular flexibility index (Phi) is 4.64. The predicted octanol–water partition coefficient (Wildman–Crippen LogP) is 2.21. The second-order valence-electron chi connectivity index (χ2n) is 5.80. The number of hydrogen-bond donors (Lipinski definition) is 2. The molecule has 3 atom stereocenters. The normalized spacial score (nSPS) is 26.5. The summed E-state index contributed by atoms with van der Waals surface area (Å²) in [5.74, 6) is -0.704. The van der Waals surface area contributed by atoms with E-state index in [1.165, 1.54) is 0 Å². The molecule has 1 saturated carbocycles. The summed E-state index contributed by atoms with van der Waals surface area (Å²) in [7, 11) is 0. The summed E-state index contributed by atoms with van der Waals surface area (Å²) in [6, 6.07) is 7.07. The third kappa shape index (κ3) is 3.59. The molecule has 2 amide bonds. The SMILES string of the molecule is O=C(NCC1CCCO1)C1CC1C(=O)Nc1ccccc1Cl. The summed E-state index contributed by atoms with van der Waals surface area (Å²) >= 11 is 6.01. The average molecular weight is 323 g/mol. The lowest BCUT2D eigenvalue weighted by atomic mass is 10.2. The molecule has 1 heterocycles. The Balaban J connectivity index is 1.45. The van der Waals surface area contributed by atoms with Gasteiger partial charge in [-0.15, -0.1) is 0 Å². The lowest BCUT2D eigenvalue weighted by Gasteiger charge is -2.10. The van der Waals surface area contributed by atoms with Gasteiger partial charge in [-0.3, -0.25) is 9.59 Å². The highest BCUT2D eigenvalue weighted by Gasteiger charge is 2.48. The van der Waals surface area contributed by atoms with Crippen LogP contribution in [-0.2, 0) is 14.3 Å². The molecule has 1 saturated heterocycles. The predicted molar refractivity (Wildman–Crippen MR) is 83.7 cm³/mol. The summed E-state index contributed by atoms with van der Waals surface area (Å²) in [6.45, 7) is 1.31. The van der Waals surface area contributed by atoms with Crippen molar-refractivity contribution >= 4 is 29.1 Å². The van der Waals surface area contributed by atoms with E-state index in [1.54, 1.807) is 24.3 Å². The number of hydrogen-bond acceptors (Lipinski definition) is 3. The molecule has 6 heteroatoms. The van der Waals surface area contributed by atoms with Gasteiger partial charge in [-0.2, -0.15) is 0 Å². The van der Waals surface area contributed by atoms with E-state index in [-0.39, 0.29) is 29.8 Å². The fraction of sp³-hybridized carbons (Fsp3) is 0.500. The topological polar surface area (TPSA) is 67.4 Å². The van der Waals surface area contributed by atoms with Crippen LogP contribution in [0.4, 0.5) is 5.69 Å². The largest absolute Gasteiger partial charge is 0.376 e. The van der Waals surface area contributed by atoms with Crippen molar-refractivity contribution in [2.75, 3.05) is 18.5 Å². The Labute approximate surface area is 134 Å². The smallest absolute Gasteiger partial charge is 0.228 e. The lowest BCUT2D eigenvalue weighted by Crippen LogP contribution is -2.33. The van der Waals surface area contributed by atoms with Gasteiger partial charge >= 0.3 is 0 Å². The fourth-order valence-corrected chi connectivity index (χ4v) is 2.90. The number of nitrogens with one attached hydrogen (secondary N) is 2. The van der Waals surface area contributed by atoms with E-state index in [4.69, 9.17) is 16.3 Å². The molecule has 1 aliphatic heterocycles. The van der Waals surface area contributed by atoms with Crippen LogP contribution in [0, 0.1) is 11.8 Å². The first-order chi connectivity index (χ1) is 10.6. The summed E-state index contributed by atoms with van der Waals surface area (Å²) in [5.41, 5.74) is 0.583. The Hall–Kier alpha value is -1.59. The molecule has 0 radical (unpaired) electrons. The molecular formula is C16H19ClN2O3. The van der Waals surface area contributed by atoms with Crippen molar-refractivity contribution in [1.82, 2.24) is 5.32 Å². The number of amides is 2. The lowest BCUT2D eigenvalue weighted by molar-refractivity contribution is -0.125. The number of carbonyl (C=O) groups excluding carboxylic acids is 2. The van der Waals surface area contributed by atoms with Crippen LogP contribution in [0.25, 0.3) is 0 Å². The zero-order valence-corrected chi connectivity index (χ0v) is 12.9. The maximum Gasteiger partial charge on any atom is 0.228 e. The van der Waals surface area contributed by atoms with Crippen molar-refractivity contribution in [2.45, 2.75) is 25.4 Å². The van der Waals surface area contributed by atoms with Crippen molar-refractivity contribution in [3.05, 3.63) is 29.3 Å². The van der Waals surface area contributed by atoms with Gasteiger partial charge in [0, 0.05) is 13.2 Å². The molecule has 1 aromatic rings. The third-order valence-electron chi connectivity index (χ3n) is 4.12. The molecule has 2 aliphatic rings. The number of benzene rings is 1. The molecule has 118 valence electrons. The Morgan fingerprint density at radius 1 is 1.23 bits per heavy atom. The van der Waals surface area contributed by atoms with Gasteiger partial charge in [0.15, 0.2) is 0 Å². The van der Waals surface area contributed by atoms with Gasteiger partial charge < -0.3 is 15.4 Å². The number of rotatable bonds is 5. The Morgan fingerprint density at radius 3 is 2.73 bits per heavy atom. The van der Waals surface area contributed by atoms with Crippen LogP contribution >= 0.6 is 11.6 Å². The summed E-state index contributed by atoms with van der Waals surface area (Å²) in [5, 5.41) is 6.15. The maximum atomic E-state index is 12.1. The van der Waals surface area contributed by atoms with Crippen molar-refractivity contribution in [2.24, 2.45) is 11.8 Å². The van der Waals surface area contributed by atoms with E-state index in [0.717, 1.165) is 19.4 Å². The first kappa shape index (κ1) is 15.3. The highest BCUT2D eigenvalue weighted by atomic mass is 35.5. The zero-order valence-electron chi connectivity index (χ0n) is 12.2. The van der Waals surface area contributed by atoms with E-state index < -0.39 is 0 Å². The summed E-state index contributed by atoms with van der Waals surface area (Å²) < 4.78 is 5.46. The average Bonchev–Trinajstić information content (AvgIpc) is 3.15. The van der Waals surface area contributed by atoms with Crippen LogP contribution in [-0.4, -0.2) is 31.1 Å². The van der Waals surface area contributed by atoms with Gasteiger partial charge in [-0.25, -0.2) is 0 Å². The fourth-order valence-electron chi connectivity index (χ4n) is 2.71. The minimum atomic E-state index is -0.263. The number of para-hydroxylation sites is 1. The standard InChI is InChI=1S/C16H19ClN2O3/c17-13-5-1-2-6-14(13)19-16(21)12-8-11(12)15(20)18-9-10-4-3-7-22-10/h1-2,5-6,10-12H,3-4,7-9H2,(H,18,20)(H,19,21). The van der Waals surface area contributed by atoms with Crippen molar-refractivity contribution in [3.8, 4) is 0 Å². The van der Waals surface area contributed by atoms with E-state index in [9.17, 15) is 9.59 Å². The minimum absolute atomic E-state index is 0.0604. The van der Waals surface area contributed by atoms with Gasteiger partial charge in [0.2, 0.25) is 11.8 Å². The number of anilines is 1. The van der Waals surface area contributed by atoms with Crippen LogP contribution in [0.15, 0.2) is 24.3 Å². The molecule has 3 unspecified atom stereocenters. The maximum absolute atomic E-state index is 12.1. The Bertz CT molecular complexity index is 572. The monoisotopic (exact) mass is 322 g/mol. The van der Waals surface area contributed by atoms with Gasteiger partial charge in [0.05, 0.1) is 28.6 Å². The van der Waals surface area contributed by atoms with Crippen molar-refractivity contribution in [3.63, 3.8) is 0 Å². The molecule has 1 aliphatic carbocycles. The van der Waals surface area contributed by atoms with Crippen molar-refractivity contribution in [1.29, 1.82) is 0 Å². The number of carbonyl (C=O) groups is 2. The summed E-state index contributed by atoms with van der Waals surface area (Å²) in [4.78, 5) is 24.2. The first-order valence-electron chi connectivity index (χ1n) is 7.60. The van der Waals surface area contributed by atoms with Gasteiger partial charge in [-0.05, 0) is 31.4 Å². The molecule has 0 spiro atoms. The minimum Gasteiger partial charge on any atom is -0.376 e. The van der Waals surface area contributed by atoms with Crippen LogP contribution in [0.2, 0.25) is 5.02 Å². The quantitative estimate of drug-likeness (QED) is 0.873. The third-order valence-corrected chi connectivity index (χ3v) is 4.45. The van der Waals surface area contributed by atoms with Crippen LogP contribution in [0.3, 0.4) is 0 Å². The van der Waals surface area contributed by atoms with Gasteiger partial charge in [-0.1, -0.05) is 23.7 Å². The number of halogens is 1. The highest BCUT2D eigenvalue weighted by Crippen LogP contribution is 2.40. The van der Waals surface area contributed by atoms with E-state index in [0.29, 0.717) is 23.7 Å². The molecule has 1 aromatic carbocycles. The van der Waals surface area contributed by atoms with Crippen LogP contribution in [0.5, 0.6) is 0 Å². The zero-order chi connectivity index (χ0) is 15.5. The van der Waals surface area contributed by atoms with E-state index >= 15 is 0 Å². The van der Waals surface area contributed by atoms with Gasteiger partial charge in [0.1, 0.15) is 0 Å². The Morgan fingerprint density at radius 2 is 2.00 bits per heavy atom. The molecule has 0 aromatic heterocycles. The van der Waals surface area contributed by atoms with Gasteiger partial charge in [0.25, 0.3) is 0 Å². The van der Waals surface area contributed by atoms with Crippen molar-refractivity contribution < 1.29 is 14.3 Å². The molecule has 22 heavy (non-hydrogen) atoms. The van der Waals surface area contributed by atoms with Crippen LogP contribution < -0.4 is 10.6 Å². The molecular weight excluding hydrogens is 304 g/mol. The molecule has 0 bridgehead atoms. The number of ether oxygens (including phenoxy) is 1. The molecule has 2 fully saturated rings. The first-order valence-corrected chi connectivity index (χ1v) is 7.97. The van der Waals surface area contributed by atoms with E-state index in [1.807, 2.05) is 0 Å².